The molecule has 3 N–H and O–H groups in total. The lowest BCUT2D eigenvalue weighted by atomic mass is 9.73. The van der Waals surface area contributed by atoms with Gasteiger partial charge in [-0.25, -0.2) is 0 Å². The number of nitrogens with one attached hydrogen (secondary N) is 3. The van der Waals surface area contributed by atoms with Crippen LogP contribution < -0.4 is 25.6 Å². The molecular weight excluding hydrogens is 538 g/mol. The number of pyridine rings is 1. The van der Waals surface area contributed by atoms with Crippen LogP contribution in [-0.4, -0.2) is 80.9 Å². The van der Waals surface area contributed by atoms with Crippen molar-refractivity contribution in [3.63, 3.8) is 0 Å². The SMILES string of the molecule is COCCCN1C(=O)C(C)(C)Oc2ccc(NC(=O)[C@H]3CNC[C@@H](NC(=O)C4(c5ccncc5)CCOCC4)C3)cc21. The number of hydrogen-bond acceptors (Lipinski definition) is 8. The number of fused-ring (bicyclic) bond motifs is 1. The fourth-order valence-corrected chi connectivity index (χ4v) is 6.09. The quantitative estimate of drug-likeness (QED) is 0.386. The van der Waals surface area contributed by atoms with Crippen LogP contribution >= 0.6 is 0 Å². The molecule has 2 aromatic rings. The first-order valence-electron chi connectivity index (χ1n) is 14.7. The number of hydrogen-bond donors (Lipinski definition) is 3. The largest absolute Gasteiger partial charge is 0.476 e. The number of aromatic nitrogens is 1. The molecule has 3 amide bonds. The van der Waals surface area contributed by atoms with Crippen molar-refractivity contribution in [2.45, 2.75) is 56.6 Å². The number of rotatable bonds is 9. The van der Waals surface area contributed by atoms with E-state index in [1.165, 1.54) is 0 Å². The summed E-state index contributed by atoms with van der Waals surface area (Å²) in [5.41, 5.74) is 0.474. The molecule has 5 rings (SSSR count). The van der Waals surface area contributed by atoms with Gasteiger partial charge >= 0.3 is 0 Å². The standard InChI is InChI=1S/C31H41N5O6/c1-30(2)29(39)36(13-4-14-40-3)25-18-23(5-6-26(25)42-30)34-27(37)21-17-24(20-33-19-21)35-28(38)31(9-15-41-16-10-31)22-7-11-32-12-8-22/h5-8,11-12,18,21,24,33H,4,9-10,13-17,19-20H2,1-3H3,(H,34,37)(H,35,38)/t21-,24+/m1/s1. The van der Waals surface area contributed by atoms with E-state index < -0.39 is 11.0 Å². The Bertz CT molecular complexity index is 1280. The number of ether oxygens (including phenoxy) is 3. The molecule has 42 heavy (non-hydrogen) atoms. The lowest BCUT2D eigenvalue weighted by Gasteiger charge is -2.39. The summed E-state index contributed by atoms with van der Waals surface area (Å²) in [5, 5.41) is 9.57. The number of methoxy groups -OCH3 is 1. The Morgan fingerprint density at radius 2 is 1.90 bits per heavy atom. The maximum absolute atomic E-state index is 13.7. The van der Waals surface area contributed by atoms with Crippen LogP contribution in [-0.2, 0) is 29.3 Å². The highest BCUT2D eigenvalue weighted by atomic mass is 16.5. The third kappa shape index (κ3) is 6.28. The fraction of sp³-hybridized carbons (Fsp3) is 0.548. The summed E-state index contributed by atoms with van der Waals surface area (Å²) in [6.45, 7) is 6.64. The highest BCUT2D eigenvalue weighted by Gasteiger charge is 2.43. The summed E-state index contributed by atoms with van der Waals surface area (Å²) in [6, 6.07) is 8.96. The zero-order valence-corrected chi connectivity index (χ0v) is 24.6. The summed E-state index contributed by atoms with van der Waals surface area (Å²) in [6.07, 6.45) is 5.80. The van der Waals surface area contributed by atoms with Gasteiger partial charge in [-0.2, -0.15) is 0 Å². The van der Waals surface area contributed by atoms with Crippen molar-refractivity contribution in [1.82, 2.24) is 15.6 Å². The average molecular weight is 580 g/mol. The molecule has 2 saturated heterocycles. The minimum absolute atomic E-state index is 0.0410. The summed E-state index contributed by atoms with van der Waals surface area (Å²) < 4.78 is 16.7. The van der Waals surface area contributed by atoms with Gasteiger partial charge in [0.15, 0.2) is 5.60 Å². The molecule has 226 valence electrons. The average Bonchev–Trinajstić information content (AvgIpc) is 3.00. The Morgan fingerprint density at radius 1 is 1.14 bits per heavy atom. The van der Waals surface area contributed by atoms with Crippen LogP contribution in [0.4, 0.5) is 11.4 Å². The number of anilines is 2. The van der Waals surface area contributed by atoms with Crippen LogP contribution in [0.15, 0.2) is 42.7 Å². The predicted octanol–water partition coefficient (Wildman–Crippen LogP) is 2.40. The van der Waals surface area contributed by atoms with E-state index in [0.29, 0.717) is 82.3 Å². The molecule has 11 heteroatoms. The molecule has 0 saturated carbocycles. The molecule has 11 nitrogen and oxygen atoms in total. The zero-order valence-electron chi connectivity index (χ0n) is 24.6. The molecule has 2 fully saturated rings. The number of piperidine rings is 1. The minimum atomic E-state index is -0.987. The predicted molar refractivity (Wildman–Crippen MR) is 158 cm³/mol. The molecule has 1 aromatic heterocycles. The smallest absolute Gasteiger partial charge is 0.270 e. The Kier molecular flexibility index (Phi) is 9.10. The molecular formula is C31H41N5O6. The summed E-state index contributed by atoms with van der Waals surface area (Å²) >= 11 is 0. The Balaban J connectivity index is 1.25. The molecule has 4 heterocycles. The molecule has 0 bridgehead atoms. The number of nitrogens with zero attached hydrogens (tertiary/aromatic N) is 2. The van der Waals surface area contributed by atoms with Gasteiger partial charge < -0.3 is 35.1 Å². The van der Waals surface area contributed by atoms with E-state index >= 15 is 0 Å². The van der Waals surface area contributed by atoms with Crippen molar-refractivity contribution in [1.29, 1.82) is 0 Å². The van der Waals surface area contributed by atoms with Gasteiger partial charge in [0.1, 0.15) is 5.75 Å². The second kappa shape index (κ2) is 12.8. The van der Waals surface area contributed by atoms with Crippen LogP contribution in [0.3, 0.4) is 0 Å². The van der Waals surface area contributed by atoms with Gasteiger partial charge in [0.2, 0.25) is 11.8 Å². The first kappa shape index (κ1) is 29.9. The number of carbonyl (C=O) groups is 3. The van der Waals surface area contributed by atoms with Gasteiger partial charge in [-0.05, 0) is 75.4 Å². The monoisotopic (exact) mass is 579 g/mol. The van der Waals surface area contributed by atoms with Crippen molar-refractivity contribution in [3.8, 4) is 5.75 Å². The third-order valence-corrected chi connectivity index (χ3v) is 8.44. The zero-order chi connectivity index (χ0) is 29.7. The normalized spacial score (nSPS) is 22.9. The minimum Gasteiger partial charge on any atom is -0.476 e. The number of benzene rings is 1. The second-order valence-electron chi connectivity index (χ2n) is 11.8. The summed E-state index contributed by atoms with van der Waals surface area (Å²) in [7, 11) is 1.63. The maximum Gasteiger partial charge on any atom is 0.270 e. The van der Waals surface area contributed by atoms with Gasteiger partial charge in [0.25, 0.3) is 5.91 Å². The molecule has 3 aliphatic rings. The highest BCUT2D eigenvalue weighted by Crippen LogP contribution is 2.40. The summed E-state index contributed by atoms with van der Waals surface area (Å²) in [4.78, 5) is 46.1. The van der Waals surface area contributed by atoms with Crippen molar-refractivity contribution in [3.05, 3.63) is 48.3 Å². The maximum atomic E-state index is 13.7. The molecule has 0 unspecified atom stereocenters. The third-order valence-electron chi connectivity index (χ3n) is 8.44. The lowest BCUT2D eigenvalue weighted by Crippen LogP contribution is -2.56. The number of amides is 3. The summed E-state index contributed by atoms with van der Waals surface area (Å²) in [5.74, 6) is -0.0836. The Morgan fingerprint density at radius 3 is 2.64 bits per heavy atom. The van der Waals surface area contributed by atoms with E-state index in [1.807, 2.05) is 12.1 Å². The first-order valence-corrected chi connectivity index (χ1v) is 14.7. The van der Waals surface area contributed by atoms with Crippen LogP contribution in [0.1, 0.15) is 45.1 Å². The highest BCUT2D eigenvalue weighted by molar-refractivity contribution is 6.03. The number of carbonyl (C=O) groups excluding carboxylic acids is 3. The molecule has 0 radical (unpaired) electrons. The van der Waals surface area contributed by atoms with Gasteiger partial charge in [-0.3, -0.25) is 19.4 Å². The van der Waals surface area contributed by atoms with Crippen LogP contribution in [0.5, 0.6) is 5.75 Å². The molecule has 1 aromatic carbocycles. The van der Waals surface area contributed by atoms with Gasteiger partial charge in [0, 0.05) is 70.7 Å². The van der Waals surface area contributed by atoms with Crippen LogP contribution in [0.25, 0.3) is 0 Å². The van der Waals surface area contributed by atoms with Gasteiger partial charge in [-0.15, -0.1) is 0 Å². The van der Waals surface area contributed by atoms with E-state index in [-0.39, 0.29) is 29.7 Å². The van der Waals surface area contributed by atoms with Crippen molar-refractivity contribution in [2.75, 3.05) is 56.8 Å². The molecule has 3 aliphatic heterocycles. The fourth-order valence-electron chi connectivity index (χ4n) is 6.09. The molecule has 0 aliphatic carbocycles. The second-order valence-corrected chi connectivity index (χ2v) is 11.8. The van der Waals surface area contributed by atoms with E-state index in [4.69, 9.17) is 14.2 Å². The van der Waals surface area contributed by atoms with Gasteiger partial charge in [0.05, 0.1) is 17.0 Å². The molecule has 2 atom stereocenters. The van der Waals surface area contributed by atoms with Crippen molar-refractivity contribution >= 4 is 29.1 Å². The Hall–Kier alpha value is -3.54. The van der Waals surface area contributed by atoms with Crippen LogP contribution in [0.2, 0.25) is 0 Å². The van der Waals surface area contributed by atoms with E-state index in [1.54, 1.807) is 56.4 Å². The van der Waals surface area contributed by atoms with E-state index in [0.717, 1.165) is 5.56 Å². The van der Waals surface area contributed by atoms with Crippen LogP contribution in [0, 0.1) is 5.92 Å². The topological polar surface area (TPSA) is 131 Å². The lowest BCUT2D eigenvalue weighted by molar-refractivity contribution is -0.133. The van der Waals surface area contributed by atoms with E-state index in [9.17, 15) is 14.4 Å². The van der Waals surface area contributed by atoms with Crippen molar-refractivity contribution in [2.24, 2.45) is 5.92 Å². The van der Waals surface area contributed by atoms with Crippen molar-refractivity contribution < 1.29 is 28.6 Å². The first-order chi connectivity index (χ1) is 20.2. The Labute approximate surface area is 246 Å². The molecule has 0 spiro atoms. The van der Waals surface area contributed by atoms with Gasteiger partial charge in [-0.1, -0.05) is 0 Å². The van der Waals surface area contributed by atoms with E-state index in [2.05, 4.69) is 20.9 Å².